The minimum atomic E-state index is -0.670. The maximum absolute atomic E-state index is 15.3. The van der Waals surface area contributed by atoms with Crippen LogP contribution < -0.4 is 5.73 Å². The third-order valence-corrected chi connectivity index (χ3v) is 7.40. The van der Waals surface area contributed by atoms with Crippen LogP contribution >= 0.6 is 0 Å². The quantitative estimate of drug-likeness (QED) is 0.527. The van der Waals surface area contributed by atoms with Gasteiger partial charge in [0.1, 0.15) is 17.7 Å². The minimum absolute atomic E-state index is 0.0232. The highest BCUT2D eigenvalue weighted by Gasteiger charge is 2.47. The van der Waals surface area contributed by atoms with Gasteiger partial charge in [-0.1, -0.05) is 24.3 Å². The van der Waals surface area contributed by atoms with Gasteiger partial charge in [0, 0.05) is 36.4 Å². The van der Waals surface area contributed by atoms with Gasteiger partial charge in [-0.3, -0.25) is 4.79 Å². The zero-order valence-corrected chi connectivity index (χ0v) is 20.0. The molecular formula is C29H27F2N3O2. The number of nitrogens with two attached hydrogens (primary N) is 1. The van der Waals surface area contributed by atoms with E-state index in [2.05, 4.69) is 0 Å². The van der Waals surface area contributed by atoms with Crippen LogP contribution in [0.15, 0.2) is 54.6 Å². The Kier molecular flexibility index (Phi) is 6.57. The monoisotopic (exact) mass is 487 g/mol. The normalized spacial score (nSPS) is 20.5. The number of nitriles is 1. The predicted molar refractivity (Wildman–Crippen MR) is 133 cm³/mol. The Bertz CT molecular complexity index is 1370. The largest absolute Gasteiger partial charge is 0.384 e. The van der Waals surface area contributed by atoms with Gasteiger partial charge in [0.05, 0.1) is 12.2 Å². The predicted octanol–water partition coefficient (Wildman–Crippen LogP) is 5.06. The highest BCUT2D eigenvalue weighted by Crippen LogP contribution is 2.40. The topological polar surface area (TPSA) is 79.3 Å². The molecule has 0 radical (unpaired) electrons. The molecule has 7 heteroatoms. The molecule has 2 saturated heterocycles. The summed E-state index contributed by atoms with van der Waals surface area (Å²) in [5.74, 6) is -1.20. The highest BCUT2D eigenvalue weighted by atomic mass is 19.1. The van der Waals surface area contributed by atoms with Crippen LogP contribution in [0.25, 0.3) is 22.3 Å². The van der Waals surface area contributed by atoms with Crippen LogP contribution in [0.4, 0.5) is 8.78 Å². The first-order valence-electron chi connectivity index (χ1n) is 12.1. The molecule has 0 spiro atoms. The summed E-state index contributed by atoms with van der Waals surface area (Å²) in [7, 11) is 1.60. The van der Waals surface area contributed by atoms with Crippen molar-refractivity contribution in [1.82, 2.24) is 4.90 Å². The molecule has 5 rings (SSSR count). The summed E-state index contributed by atoms with van der Waals surface area (Å²) in [6.45, 7) is 0.480. The zero-order chi connectivity index (χ0) is 25.4. The van der Waals surface area contributed by atoms with Crippen LogP contribution in [0.2, 0.25) is 0 Å². The van der Waals surface area contributed by atoms with Crippen LogP contribution in [0.5, 0.6) is 0 Å². The van der Waals surface area contributed by atoms with E-state index in [1.165, 1.54) is 18.2 Å². The lowest BCUT2D eigenvalue weighted by atomic mass is 9.91. The smallest absolute Gasteiger partial charge is 0.254 e. The Hall–Kier alpha value is -3.60. The third kappa shape index (κ3) is 4.27. The van der Waals surface area contributed by atoms with Gasteiger partial charge in [-0.15, -0.1) is 0 Å². The Morgan fingerprint density at radius 3 is 2.50 bits per heavy atom. The summed E-state index contributed by atoms with van der Waals surface area (Å²) in [5, 5.41) is 9.14. The molecule has 3 atom stereocenters. The summed E-state index contributed by atoms with van der Waals surface area (Å²) in [6.07, 6.45) is 3.21. The number of nitrogens with zero attached hydrogens (tertiary/aromatic N) is 2. The first kappa shape index (κ1) is 24.1. The Labute approximate surface area is 209 Å². The van der Waals surface area contributed by atoms with Crippen LogP contribution in [0.3, 0.4) is 0 Å². The van der Waals surface area contributed by atoms with Crippen molar-refractivity contribution in [3.05, 3.63) is 82.9 Å². The van der Waals surface area contributed by atoms with Gasteiger partial charge >= 0.3 is 0 Å². The van der Waals surface area contributed by atoms with Crippen LogP contribution in [0, 0.1) is 23.0 Å². The van der Waals surface area contributed by atoms with Gasteiger partial charge in [0.2, 0.25) is 0 Å². The second kappa shape index (κ2) is 9.81. The SMILES string of the molecule is COCCc1ccc(-c2ccc(C(=O)N3[C@H]4CC[C@@H]3[C@H](N)C4)cc2-c2ccc(C#N)c(F)c2)c(F)c1. The maximum Gasteiger partial charge on any atom is 0.254 e. The molecule has 2 bridgehead atoms. The fourth-order valence-corrected chi connectivity index (χ4v) is 5.58. The Balaban J connectivity index is 1.59. The average molecular weight is 488 g/mol. The molecule has 0 saturated carbocycles. The number of amides is 1. The lowest BCUT2D eigenvalue weighted by molar-refractivity contribution is 0.0726. The maximum atomic E-state index is 15.3. The van der Waals surface area contributed by atoms with E-state index in [-0.39, 0.29) is 29.6 Å². The minimum Gasteiger partial charge on any atom is -0.384 e. The van der Waals surface area contributed by atoms with Crippen molar-refractivity contribution in [3.63, 3.8) is 0 Å². The molecule has 36 heavy (non-hydrogen) atoms. The molecule has 0 aromatic heterocycles. The van der Waals surface area contributed by atoms with Crippen LogP contribution in [-0.2, 0) is 11.2 Å². The number of carbonyl (C=O) groups is 1. The number of fused-ring (bicyclic) bond motifs is 2. The van der Waals surface area contributed by atoms with Crippen molar-refractivity contribution >= 4 is 5.91 Å². The van der Waals surface area contributed by atoms with Crippen molar-refractivity contribution < 1.29 is 18.3 Å². The first-order valence-corrected chi connectivity index (χ1v) is 12.1. The fourth-order valence-electron chi connectivity index (χ4n) is 5.58. The third-order valence-electron chi connectivity index (χ3n) is 7.40. The van der Waals surface area contributed by atoms with Crippen molar-refractivity contribution in [2.24, 2.45) is 5.73 Å². The molecule has 3 aromatic carbocycles. The highest BCUT2D eigenvalue weighted by molar-refractivity contribution is 5.98. The zero-order valence-electron chi connectivity index (χ0n) is 20.0. The average Bonchev–Trinajstić information content (AvgIpc) is 3.43. The number of ether oxygens (including phenoxy) is 1. The van der Waals surface area contributed by atoms with Gasteiger partial charge in [-0.25, -0.2) is 8.78 Å². The molecule has 2 aliphatic heterocycles. The number of rotatable bonds is 6. The van der Waals surface area contributed by atoms with Crippen molar-refractivity contribution in [1.29, 1.82) is 5.26 Å². The van der Waals surface area contributed by atoms with Gasteiger partial charge < -0.3 is 15.4 Å². The molecule has 2 heterocycles. The van der Waals surface area contributed by atoms with Crippen molar-refractivity contribution in [3.8, 4) is 28.3 Å². The van der Waals surface area contributed by atoms with Gasteiger partial charge in [-0.2, -0.15) is 5.26 Å². The Morgan fingerprint density at radius 2 is 1.86 bits per heavy atom. The van der Waals surface area contributed by atoms with E-state index in [9.17, 15) is 9.18 Å². The second-order valence-electron chi connectivity index (χ2n) is 9.53. The number of carbonyl (C=O) groups excluding carboxylic acids is 1. The summed E-state index contributed by atoms with van der Waals surface area (Å²) in [4.78, 5) is 15.4. The molecule has 0 aliphatic carbocycles. The molecule has 184 valence electrons. The van der Waals surface area contributed by atoms with E-state index in [1.807, 2.05) is 17.0 Å². The number of methoxy groups -OCH3 is 1. The van der Waals surface area contributed by atoms with Crippen LogP contribution in [-0.4, -0.2) is 42.6 Å². The van der Waals surface area contributed by atoms with Crippen molar-refractivity contribution in [2.75, 3.05) is 13.7 Å². The molecule has 2 fully saturated rings. The second-order valence-corrected chi connectivity index (χ2v) is 9.53. The van der Waals surface area contributed by atoms with E-state index in [1.54, 1.807) is 37.4 Å². The summed E-state index contributed by atoms with van der Waals surface area (Å²) in [6, 6.07) is 16.3. The summed E-state index contributed by atoms with van der Waals surface area (Å²) < 4.78 is 34.9. The molecule has 5 nitrogen and oxygen atoms in total. The van der Waals surface area contributed by atoms with E-state index >= 15 is 4.39 Å². The fraction of sp³-hybridized carbons (Fsp3) is 0.310. The van der Waals surface area contributed by atoms with Crippen molar-refractivity contribution in [2.45, 2.75) is 43.8 Å². The van der Waals surface area contributed by atoms with E-state index in [0.717, 1.165) is 24.8 Å². The van der Waals surface area contributed by atoms with E-state index < -0.39 is 11.6 Å². The molecule has 2 aliphatic rings. The molecule has 2 N–H and O–H groups in total. The van der Waals surface area contributed by atoms with E-state index in [0.29, 0.717) is 40.8 Å². The number of halogens is 2. The van der Waals surface area contributed by atoms with Gasteiger partial charge in [0.15, 0.2) is 0 Å². The van der Waals surface area contributed by atoms with Gasteiger partial charge in [0.25, 0.3) is 5.91 Å². The standard InChI is InChI=1S/C29H27F2N3O2/c1-36-11-10-17-2-7-23(26(31)12-17)22-8-5-19(29(35)34-21-6-9-28(34)27(33)15-21)13-24(22)18-3-4-20(16-32)25(30)14-18/h2-5,7-8,12-14,21,27-28H,6,9-11,15,33H2,1H3/t21-,27+,28+/m0/s1. The summed E-state index contributed by atoms with van der Waals surface area (Å²) in [5.41, 5.74) is 9.26. The lowest BCUT2D eigenvalue weighted by Crippen LogP contribution is -2.40. The molecular weight excluding hydrogens is 460 g/mol. The molecule has 1 amide bonds. The number of benzene rings is 3. The van der Waals surface area contributed by atoms with Crippen LogP contribution in [0.1, 0.15) is 40.7 Å². The van der Waals surface area contributed by atoms with Gasteiger partial charge in [-0.05, 0) is 78.3 Å². The molecule has 0 unspecified atom stereocenters. The first-order chi connectivity index (χ1) is 17.4. The van der Waals surface area contributed by atoms with E-state index in [4.69, 9.17) is 15.7 Å². The lowest BCUT2D eigenvalue weighted by Gasteiger charge is -2.24. The number of hydrogen-bond donors (Lipinski definition) is 1. The number of hydrogen-bond acceptors (Lipinski definition) is 4. The Morgan fingerprint density at radius 1 is 1.06 bits per heavy atom. The summed E-state index contributed by atoms with van der Waals surface area (Å²) >= 11 is 0. The molecule has 3 aromatic rings.